The van der Waals surface area contributed by atoms with Crippen LogP contribution in [0.25, 0.3) is 0 Å². The lowest BCUT2D eigenvalue weighted by molar-refractivity contribution is -0.0463. The minimum Gasteiger partial charge on any atom is -0.444 e. The molecule has 2 aromatic rings. The molecule has 0 unspecified atom stereocenters. The van der Waals surface area contributed by atoms with Crippen LogP contribution >= 0.6 is 0 Å². The molecule has 6 rings (SSSR count). The predicted molar refractivity (Wildman–Crippen MR) is 104 cm³/mol. The minimum absolute atomic E-state index is 0.125. The van der Waals surface area contributed by atoms with E-state index < -0.39 is 23.8 Å². The molecule has 29 heavy (non-hydrogen) atoms. The van der Waals surface area contributed by atoms with Crippen molar-refractivity contribution in [3.63, 3.8) is 0 Å². The summed E-state index contributed by atoms with van der Waals surface area (Å²) in [7, 11) is 0. The Bertz CT molecular complexity index is 927. The molecule has 4 nitrogen and oxygen atoms in total. The molecule has 2 bridgehead atoms. The van der Waals surface area contributed by atoms with E-state index in [1.807, 2.05) is 24.3 Å². The van der Waals surface area contributed by atoms with Crippen LogP contribution in [0.2, 0.25) is 0 Å². The smallest absolute Gasteiger partial charge is 0.410 e. The second-order valence-electron chi connectivity index (χ2n) is 8.25. The zero-order chi connectivity index (χ0) is 20.0. The number of hydrogen-bond acceptors (Lipinski definition) is 3. The topological polar surface area (TPSA) is 32.8 Å². The van der Waals surface area contributed by atoms with Gasteiger partial charge in [-0.2, -0.15) is 0 Å². The molecular formula is C23H24F2N2O2. The summed E-state index contributed by atoms with van der Waals surface area (Å²) in [6.45, 7) is 3.30. The molecule has 6 heteroatoms. The first kappa shape index (κ1) is 18.6. The van der Waals surface area contributed by atoms with E-state index in [1.54, 1.807) is 11.0 Å². The number of carbonyl (C=O) groups excluding carboxylic acids is 1. The summed E-state index contributed by atoms with van der Waals surface area (Å²) in [5.74, 6) is -1.42. The van der Waals surface area contributed by atoms with Crippen LogP contribution in [-0.2, 0) is 11.2 Å². The Kier molecular flexibility index (Phi) is 4.74. The average Bonchev–Trinajstić information content (AvgIpc) is 2.76. The van der Waals surface area contributed by atoms with Gasteiger partial charge < -0.3 is 4.74 Å². The van der Waals surface area contributed by atoms with Gasteiger partial charge in [0.1, 0.15) is 6.10 Å². The molecule has 4 aliphatic rings. The first-order valence-electron chi connectivity index (χ1n) is 10.3. The molecular weight excluding hydrogens is 374 g/mol. The van der Waals surface area contributed by atoms with Gasteiger partial charge >= 0.3 is 6.09 Å². The van der Waals surface area contributed by atoms with Crippen LogP contribution in [0.4, 0.5) is 13.6 Å². The maximum atomic E-state index is 14.7. The van der Waals surface area contributed by atoms with Crippen molar-refractivity contribution in [3.8, 4) is 0 Å². The van der Waals surface area contributed by atoms with Crippen molar-refractivity contribution in [2.45, 2.75) is 31.4 Å². The van der Waals surface area contributed by atoms with E-state index in [-0.39, 0.29) is 11.7 Å². The van der Waals surface area contributed by atoms with Gasteiger partial charge in [-0.05, 0) is 55.5 Å². The van der Waals surface area contributed by atoms with Crippen molar-refractivity contribution in [1.82, 2.24) is 9.80 Å². The fourth-order valence-corrected chi connectivity index (χ4v) is 5.07. The van der Waals surface area contributed by atoms with Crippen LogP contribution in [-0.4, -0.2) is 48.2 Å². The fraction of sp³-hybridized carbons (Fsp3) is 0.435. The molecule has 2 atom stereocenters. The molecule has 1 amide bonds. The summed E-state index contributed by atoms with van der Waals surface area (Å²) < 4.78 is 34.7. The van der Waals surface area contributed by atoms with Crippen molar-refractivity contribution < 1.29 is 18.3 Å². The highest BCUT2D eigenvalue weighted by molar-refractivity contribution is 5.70. The van der Waals surface area contributed by atoms with Gasteiger partial charge in [-0.3, -0.25) is 9.80 Å². The molecule has 152 valence electrons. The number of carbonyl (C=O) groups is 1. The van der Waals surface area contributed by atoms with E-state index in [4.69, 9.17) is 4.74 Å². The monoisotopic (exact) mass is 398 g/mol. The highest BCUT2D eigenvalue weighted by atomic mass is 19.2. The van der Waals surface area contributed by atoms with Crippen LogP contribution in [0.3, 0.4) is 0 Å². The zero-order valence-corrected chi connectivity index (χ0v) is 16.2. The third kappa shape index (κ3) is 3.29. The van der Waals surface area contributed by atoms with Gasteiger partial charge in [-0.1, -0.05) is 36.4 Å². The maximum absolute atomic E-state index is 14.7. The van der Waals surface area contributed by atoms with Gasteiger partial charge in [0, 0.05) is 18.7 Å². The van der Waals surface area contributed by atoms with Crippen molar-refractivity contribution >= 4 is 6.09 Å². The molecule has 0 aromatic heterocycles. The highest BCUT2D eigenvalue weighted by Gasteiger charge is 2.40. The maximum Gasteiger partial charge on any atom is 0.410 e. The number of nitrogens with zero attached hydrogens (tertiary/aromatic N) is 2. The quantitative estimate of drug-likeness (QED) is 0.762. The molecule has 0 aliphatic carbocycles. The third-order valence-corrected chi connectivity index (χ3v) is 6.64. The van der Waals surface area contributed by atoms with Gasteiger partial charge in [-0.25, -0.2) is 13.6 Å². The van der Waals surface area contributed by atoms with E-state index in [2.05, 4.69) is 4.90 Å². The number of amides is 1. The van der Waals surface area contributed by atoms with E-state index >= 15 is 0 Å². The number of rotatable bonds is 2. The summed E-state index contributed by atoms with van der Waals surface area (Å²) in [6, 6.07) is 11.1. The third-order valence-electron chi connectivity index (χ3n) is 6.64. The molecule has 0 saturated carbocycles. The zero-order valence-electron chi connectivity index (χ0n) is 16.2. The first-order valence-corrected chi connectivity index (χ1v) is 10.3. The second kappa shape index (κ2) is 7.41. The number of ether oxygens (including phenoxy) is 1. The normalized spacial score (nSPS) is 28.1. The molecule has 3 fully saturated rings. The Morgan fingerprint density at radius 3 is 2.48 bits per heavy atom. The van der Waals surface area contributed by atoms with Crippen LogP contribution in [0.5, 0.6) is 0 Å². The SMILES string of the molecule is O=C(O[C@@H]1CN2CCC1CC2)N1CCc2ccccc2[C@@H]1c1cccc(F)c1F. The fourth-order valence-electron chi connectivity index (χ4n) is 5.07. The Hall–Kier alpha value is -2.47. The number of piperidine rings is 3. The lowest BCUT2D eigenvalue weighted by Crippen LogP contribution is -2.53. The number of halogens is 2. The lowest BCUT2D eigenvalue weighted by atomic mass is 9.86. The van der Waals surface area contributed by atoms with Crippen molar-refractivity contribution in [2.24, 2.45) is 5.92 Å². The van der Waals surface area contributed by atoms with Crippen molar-refractivity contribution in [1.29, 1.82) is 0 Å². The van der Waals surface area contributed by atoms with E-state index in [9.17, 15) is 13.6 Å². The van der Waals surface area contributed by atoms with E-state index in [0.717, 1.165) is 49.7 Å². The molecule has 3 saturated heterocycles. The molecule has 4 aliphatic heterocycles. The van der Waals surface area contributed by atoms with Crippen LogP contribution in [0, 0.1) is 17.6 Å². The van der Waals surface area contributed by atoms with Gasteiger partial charge in [0.15, 0.2) is 11.6 Å². The lowest BCUT2D eigenvalue weighted by Gasteiger charge is -2.45. The summed E-state index contributed by atoms with van der Waals surface area (Å²) in [5.41, 5.74) is 2.05. The van der Waals surface area contributed by atoms with E-state index in [0.29, 0.717) is 18.9 Å². The summed E-state index contributed by atoms with van der Waals surface area (Å²) in [6.07, 6.45) is 2.19. The largest absolute Gasteiger partial charge is 0.444 e. The second-order valence-corrected chi connectivity index (χ2v) is 8.25. The van der Waals surface area contributed by atoms with Crippen LogP contribution in [0.15, 0.2) is 42.5 Å². The van der Waals surface area contributed by atoms with Crippen LogP contribution < -0.4 is 0 Å². The molecule has 0 radical (unpaired) electrons. The van der Waals surface area contributed by atoms with Crippen molar-refractivity contribution in [2.75, 3.05) is 26.2 Å². The molecule has 0 spiro atoms. The number of fused-ring (bicyclic) bond motifs is 4. The van der Waals surface area contributed by atoms with Gasteiger partial charge in [-0.15, -0.1) is 0 Å². The number of hydrogen-bond donors (Lipinski definition) is 0. The summed E-state index contributed by atoms with van der Waals surface area (Å²) in [5, 5.41) is 0. The number of benzene rings is 2. The Morgan fingerprint density at radius 1 is 0.966 bits per heavy atom. The first-order chi connectivity index (χ1) is 14.1. The molecule has 2 aromatic carbocycles. The summed E-state index contributed by atoms with van der Waals surface area (Å²) in [4.78, 5) is 17.1. The van der Waals surface area contributed by atoms with Gasteiger partial charge in [0.25, 0.3) is 0 Å². The molecule has 0 N–H and O–H groups in total. The standard InChI is InChI=1S/C23H24F2N2O2/c24-19-7-3-6-18(21(19)25)22-17-5-2-1-4-15(17)10-13-27(22)23(28)29-20-14-26-11-8-16(20)9-12-26/h1-7,16,20,22H,8-14H2/t20-,22-/m1/s1. The Balaban J connectivity index is 1.48. The summed E-state index contributed by atoms with van der Waals surface area (Å²) >= 11 is 0. The molecule has 4 heterocycles. The van der Waals surface area contributed by atoms with Crippen molar-refractivity contribution in [3.05, 3.63) is 70.8 Å². The van der Waals surface area contributed by atoms with Gasteiger partial charge in [0.2, 0.25) is 0 Å². The van der Waals surface area contributed by atoms with Crippen LogP contribution in [0.1, 0.15) is 35.6 Å². The minimum atomic E-state index is -0.908. The highest BCUT2D eigenvalue weighted by Crippen LogP contribution is 2.38. The average molecular weight is 398 g/mol. The Labute approximate surface area is 169 Å². The van der Waals surface area contributed by atoms with Gasteiger partial charge in [0.05, 0.1) is 6.04 Å². The Morgan fingerprint density at radius 2 is 1.72 bits per heavy atom. The van der Waals surface area contributed by atoms with E-state index in [1.165, 1.54) is 6.07 Å². The predicted octanol–water partition coefficient (Wildman–Crippen LogP) is 4.14.